The third kappa shape index (κ3) is 5.49. The zero-order valence-corrected chi connectivity index (χ0v) is 21.0. The molecule has 2 amide bonds. The monoisotopic (exact) mass is 487 g/mol. The summed E-state index contributed by atoms with van der Waals surface area (Å²) in [6.07, 6.45) is 0. The molecular weight excluding hydrogens is 454 g/mol. The largest absolute Gasteiger partial charge is 0.379 e. The number of anilines is 2. The Morgan fingerprint density at radius 3 is 2.17 bits per heavy atom. The Balaban J connectivity index is 1.80. The summed E-state index contributed by atoms with van der Waals surface area (Å²) in [6, 6.07) is 24.2. The molecule has 7 nitrogen and oxygen atoms in total. The van der Waals surface area contributed by atoms with E-state index < -0.39 is 17.6 Å². The van der Waals surface area contributed by atoms with Crippen LogP contribution in [-0.4, -0.2) is 61.8 Å². The van der Waals surface area contributed by atoms with Crippen molar-refractivity contribution in [1.82, 2.24) is 4.90 Å². The Morgan fingerprint density at radius 2 is 1.56 bits per heavy atom. The van der Waals surface area contributed by atoms with E-state index >= 15 is 0 Å². The minimum atomic E-state index is -0.780. The number of carbonyl (C=O) groups excluding carboxylic acids is 2. The van der Waals surface area contributed by atoms with Crippen LogP contribution < -0.4 is 10.6 Å². The van der Waals surface area contributed by atoms with Crippen LogP contribution in [0.4, 0.5) is 11.4 Å². The van der Waals surface area contributed by atoms with Crippen LogP contribution in [0, 0.1) is 0 Å². The van der Waals surface area contributed by atoms with Gasteiger partial charge in [0.15, 0.2) is 0 Å². The first-order chi connectivity index (χ1) is 17.3. The number of nitrogens with zero attached hydrogens (tertiary/aromatic N) is 2. The van der Waals surface area contributed by atoms with Gasteiger partial charge in [0.1, 0.15) is 6.04 Å². The number of primary amides is 1. The Labute approximate surface area is 212 Å². The van der Waals surface area contributed by atoms with Gasteiger partial charge < -0.3 is 15.2 Å². The Morgan fingerprint density at radius 1 is 0.917 bits per heavy atom. The van der Waals surface area contributed by atoms with Gasteiger partial charge in [0.2, 0.25) is 5.91 Å². The highest BCUT2D eigenvalue weighted by Gasteiger charge is 2.43. The van der Waals surface area contributed by atoms with Crippen molar-refractivity contribution in [2.24, 2.45) is 5.73 Å². The molecule has 2 N–H and O–H groups in total. The van der Waals surface area contributed by atoms with Gasteiger partial charge in [-0.05, 0) is 55.3 Å². The number of ether oxygens (including phenoxy) is 2. The number of hydrogen-bond donors (Lipinski definition) is 1. The highest BCUT2D eigenvalue weighted by atomic mass is 16.5. The summed E-state index contributed by atoms with van der Waals surface area (Å²) in [6.45, 7) is 6.17. The van der Waals surface area contributed by atoms with Crippen LogP contribution in [0.25, 0.3) is 11.1 Å². The maximum atomic E-state index is 14.4. The first kappa shape index (κ1) is 25.6. The van der Waals surface area contributed by atoms with Gasteiger partial charge in [0.25, 0.3) is 5.91 Å². The van der Waals surface area contributed by atoms with Gasteiger partial charge in [-0.3, -0.25) is 19.4 Å². The molecule has 1 aliphatic rings. The molecule has 1 heterocycles. The maximum Gasteiger partial charge on any atom is 0.251 e. The summed E-state index contributed by atoms with van der Waals surface area (Å²) >= 11 is 0. The average molecular weight is 488 g/mol. The maximum absolute atomic E-state index is 14.4. The topological polar surface area (TPSA) is 85.1 Å². The molecule has 0 aromatic heterocycles. The highest BCUT2D eigenvalue weighted by Crippen LogP contribution is 2.33. The molecule has 0 radical (unpaired) electrons. The van der Waals surface area contributed by atoms with E-state index in [-0.39, 0.29) is 5.91 Å². The Bertz CT molecular complexity index is 1190. The molecule has 3 aromatic rings. The van der Waals surface area contributed by atoms with Gasteiger partial charge >= 0.3 is 0 Å². The van der Waals surface area contributed by atoms with Gasteiger partial charge in [-0.15, -0.1) is 0 Å². The lowest BCUT2D eigenvalue weighted by Gasteiger charge is -2.43. The number of amides is 2. The van der Waals surface area contributed by atoms with Crippen molar-refractivity contribution in [3.63, 3.8) is 0 Å². The molecule has 0 unspecified atom stereocenters. The number of methoxy groups -OCH3 is 1. The molecule has 0 spiro atoms. The molecule has 1 saturated heterocycles. The van der Waals surface area contributed by atoms with Gasteiger partial charge in [0.05, 0.1) is 18.8 Å². The predicted octanol–water partition coefficient (Wildman–Crippen LogP) is 4.24. The van der Waals surface area contributed by atoms with Crippen LogP contribution in [0.2, 0.25) is 0 Å². The quantitative estimate of drug-likeness (QED) is 0.514. The Kier molecular flexibility index (Phi) is 7.84. The van der Waals surface area contributed by atoms with Crippen molar-refractivity contribution >= 4 is 23.2 Å². The summed E-state index contributed by atoms with van der Waals surface area (Å²) in [4.78, 5) is 30.1. The standard InChI is InChI=1S/C29H33N3O4/c1-29(2,35-3)26(31-16-18-36-19-17-31)28(34)32(25-11-7-10-23(20-25)27(30)33)24-14-12-22(13-15-24)21-8-5-4-6-9-21/h4-15,20,26H,16-19H2,1-3H3,(H2,30,33)/t26-/m0/s1. The van der Waals surface area contributed by atoms with Crippen LogP contribution >= 0.6 is 0 Å². The third-order valence-corrected chi connectivity index (χ3v) is 6.67. The van der Waals surface area contributed by atoms with Gasteiger partial charge in [-0.25, -0.2) is 0 Å². The van der Waals surface area contributed by atoms with Crippen molar-refractivity contribution < 1.29 is 19.1 Å². The number of carbonyl (C=O) groups is 2. The first-order valence-corrected chi connectivity index (χ1v) is 12.1. The summed E-state index contributed by atoms with van der Waals surface area (Å²) in [7, 11) is 1.62. The van der Waals surface area contributed by atoms with Crippen LogP contribution in [0.1, 0.15) is 24.2 Å². The van der Waals surface area contributed by atoms with E-state index in [2.05, 4.69) is 4.90 Å². The average Bonchev–Trinajstić information content (AvgIpc) is 2.90. The second kappa shape index (κ2) is 11.0. The molecule has 0 aliphatic carbocycles. The SMILES string of the molecule is COC(C)(C)[C@H](C(=O)N(c1ccc(-c2ccccc2)cc1)c1cccc(C(N)=O)c1)N1CCOCC1. The second-order valence-corrected chi connectivity index (χ2v) is 9.36. The lowest BCUT2D eigenvalue weighted by atomic mass is 9.94. The molecular formula is C29H33N3O4. The zero-order valence-electron chi connectivity index (χ0n) is 21.0. The molecule has 1 fully saturated rings. The second-order valence-electron chi connectivity index (χ2n) is 9.36. The van der Waals surface area contributed by atoms with Crippen molar-refractivity contribution in [3.05, 3.63) is 84.4 Å². The van der Waals surface area contributed by atoms with Gasteiger partial charge in [-0.2, -0.15) is 0 Å². The number of nitrogens with two attached hydrogens (primary N) is 1. The highest BCUT2D eigenvalue weighted by molar-refractivity contribution is 6.05. The molecule has 3 aromatic carbocycles. The predicted molar refractivity (Wildman–Crippen MR) is 141 cm³/mol. The van der Waals surface area contributed by atoms with Crippen molar-refractivity contribution in [3.8, 4) is 11.1 Å². The van der Waals surface area contributed by atoms with Crippen LogP contribution in [-0.2, 0) is 14.3 Å². The van der Waals surface area contributed by atoms with E-state index in [1.54, 1.807) is 30.2 Å². The molecule has 0 bridgehead atoms. The van der Waals surface area contributed by atoms with Gasteiger partial charge in [0, 0.05) is 37.1 Å². The smallest absolute Gasteiger partial charge is 0.251 e. The normalized spacial score (nSPS) is 15.3. The van der Waals surface area contributed by atoms with Crippen LogP contribution in [0.3, 0.4) is 0 Å². The van der Waals surface area contributed by atoms with Crippen LogP contribution in [0.15, 0.2) is 78.9 Å². The molecule has 7 heteroatoms. The fourth-order valence-corrected chi connectivity index (χ4v) is 4.60. The third-order valence-electron chi connectivity index (χ3n) is 6.67. The van der Waals surface area contributed by atoms with Crippen LogP contribution in [0.5, 0.6) is 0 Å². The molecule has 36 heavy (non-hydrogen) atoms. The first-order valence-electron chi connectivity index (χ1n) is 12.1. The molecule has 4 rings (SSSR count). The van der Waals surface area contributed by atoms with E-state index in [4.69, 9.17) is 15.2 Å². The molecule has 1 aliphatic heterocycles. The van der Waals surface area contributed by atoms with E-state index in [1.807, 2.05) is 74.5 Å². The van der Waals surface area contributed by atoms with Crippen molar-refractivity contribution in [2.45, 2.75) is 25.5 Å². The van der Waals surface area contributed by atoms with Gasteiger partial charge in [-0.1, -0.05) is 48.5 Å². The fraction of sp³-hybridized carbons (Fsp3) is 0.310. The fourth-order valence-electron chi connectivity index (χ4n) is 4.60. The lowest BCUT2D eigenvalue weighted by Crippen LogP contribution is -2.61. The number of rotatable bonds is 8. The van der Waals surface area contributed by atoms with E-state index in [0.717, 1.165) is 11.1 Å². The Hall–Kier alpha value is -3.52. The van der Waals surface area contributed by atoms with E-state index in [9.17, 15) is 9.59 Å². The summed E-state index contributed by atoms with van der Waals surface area (Å²) < 4.78 is 11.4. The van der Waals surface area contributed by atoms with E-state index in [0.29, 0.717) is 43.2 Å². The molecule has 0 saturated carbocycles. The number of benzene rings is 3. The van der Waals surface area contributed by atoms with E-state index in [1.165, 1.54) is 0 Å². The summed E-state index contributed by atoms with van der Waals surface area (Å²) in [5, 5.41) is 0. The minimum Gasteiger partial charge on any atom is -0.379 e. The molecule has 1 atom stereocenters. The molecule has 188 valence electrons. The van der Waals surface area contributed by atoms with Crippen molar-refractivity contribution in [2.75, 3.05) is 38.3 Å². The summed E-state index contributed by atoms with van der Waals surface area (Å²) in [5.74, 6) is -0.705. The van der Waals surface area contributed by atoms with Crippen molar-refractivity contribution in [1.29, 1.82) is 0 Å². The summed E-state index contributed by atoms with van der Waals surface area (Å²) in [5.41, 5.74) is 8.50. The zero-order chi connectivity index (χ0) is 25.7. The lowest BCUT2D eigenvalue weighted by molar-refractivity contribution is -0.139. The number of hydrogen-bond acceptors (Lipinski definition) is 5. The minimum absolute atomic E-state index is 0.155. The number of morpholine rings is 1.